The Morgan fingerprint density at radius 2 is 1.88 bits per heavy atom. The number of nitrogens with zero attached hydrogens (tertiary/aromatic N) is 3. The summed E-state index contributed by atoms with van der Waals surface area (Å²) in [6.45, 7) is 7.49. The fraction of sp³-hybridized carbons (Fsp3) is 0.273. The Kier molecular flexibility index (Phi) is 4.33. The maximum Gasteiger partial charge on any atom is 0.229 e. The van der Waals surface area contributed by atoms with Crippen molar-refractivity contribution in [2.24, 2.45) is 0 Å². The number of para-hydroxylation sites is 2. The Balaban J connectivity index is 1.66. The number of aryl methyl sites for hydroxylation is 1. The molecule has 0 amide bonds. The van der Waals surface area contributed by atoms with Gasteiger partial charge in [-0.05, 0) is 48.1 Å². The fourth-order valence-corrected chi connectivity index (χ4v) is 3.59. The molecule has 1 aromatic heterocycles. The predicted octanol–water partition coefficient (Wildman–Crippen LogP) is 5.35. The topological polar surface area (TPSA) is 41.1 Å². The third-order valence-corrected chi connectivity index (χ3v) is 4.97. The third kappa shape index (κ3) is 3.03. The molecule has 0 atom stereocenters. The van der Waals surface area contributed by atoms with Crippen LogP contribution in [-0.4, -0.2) is 16.5 Å². The zero-order valence-corrected chi connectivity index (χ0v) is 15.5. The molecule has 2 aromatic carbocycles. The molecule has 0 aliphatic carbocycles. The summed E-state index contributed by atoms with van der Waals surface area (Å²) in [7, 11) is 0. The highest BCUT2D eigenvalue weighted by Crippen LogP contribution is 2.34. The van der Waals surface area contributed by atoms with Crippen molar-refractivity contribution >= 4 is 23.1 Å². The van der Waals surface area contributed by atoms with Gasteiger partial charge in [-0.25, -0.2) is 4.98 Å². The van der Waals surface area contributed by atoms with E-state index < -0.39 is 0 Å². The van der Waals surface area contributed by atoms with Gasteiger partial charge in [-0.1, -0.05) is 50.2 Å². The van der Waals surface area contributed by atoms with Crippen molar-refractivity contribution in [3.8, 4) is 0 Å². The average molecular weight is 344 g/mol. The molecule has 0 fully saturated rings. The number of aromatic nitrogens is 2. The smallest absolute Gasteiger partial charge is 0.229 e. The summed E-state index contributed by atoms with van der Waals surface area (Å²) >= 11 is 0. The highest BCUT2D eigenvalue weighted by atomic mass is 15.2. The van der Waals surface area contributed by atoms with E-state index in [0.29, 0.717) is 11.9 Å². The number of hydrogen-bond donors (Lipinski definition) is 1. The lowest BCUT2D eigenvalue weighted by atomic mass is 9.98. The molecule has 2 heterocycles. The van der Waals surface area contributed by atoms with Crippen molar-refractivity contribution in [3.63, 3.8) is 0 Å². The molecule has 1 aliphatic rings. The molecular weight excluding hydrogens is 320 g/mol. The summed E-state index contributed by atoms with van der Waals surface area (Å²) in [5.41, 5.74) is 6.22. The van der Waals surface area contributed by atoms with Crippen LogP contribution in [0.5, 0.6) is 0 Å². The normalized spacial score (nSPS) is 13.2. The van der Waals surface area contributed by atoms with Gasteiger partial charge in [-0.15, -0.1) is 0 Å². The maximum absolute atomic E-state index is 4.79. The predicted molar refractivity (Wildman–Crippen MR) is 108 cm³/mol. The van der Waals surface area contributed by atoms with Crippen molar-refractivity contribution in [2.45, 2.75) is 33.1 Å². The maximum atomic E-state index is 4.79. The minimum absolute atomic E-state index is 0.436. The Labute approximate surface area is 154 Å². The Morgan fingerprint density at radius 1 is 1.04 bits per heavy atom. The lowest BCUT2D eigenvalue weighted by Gasteiger charge is -2.20. The van der Waals surface area contributed by atoms with Gasteiger partial charge < -0.3 is 10.2 Å². The van der Waals surface area contributed by atoms with Crippen LogP contribution in [0.1, 0.15) is 36.5 Å². The number of nitrogens with one attached hydrogen (secondary N) is 1. The number of rotatable bonds is 4. The first-order chi connectivity index (χ1) is 12.6. The van der Waals surface area contributed by atoms with Crippen molar-refractivity contribution < 1.29 is 0 Å². The molecule has 0 radical (unpaired) electrons. The van der Waals surface area contributed by atoms with Gasteiger partial charge in [0.1, 0.15) is 5.82 Å². The van der Waals surface area contributed by atoms with E-state index in [1.165, 1.54) is 22.4 Å². The fourth-order valence-electron chi connectivity index (χ4n) is 3.59. The zero-order valence-electron chi connectivity index (χ0n) is 15.5. The van der Waals surface area contributed by atoms with E-state index in [-0.39, 0.29) is 0 Å². The molecule has 132 valence electrons. The van der Waals surface area contributed by atoms with Gasteiger partial charge in [-0.2, -0.15) is 4.98 Å². The van der Waals surface area contributed by atoms with Crippen molar-refractivity contribution in [1.82, 2.24) is 9.97 Å². The first kappa shape index (κ1) is 16.6. The second-order valence-electron chi connectivity index (χ2n) is 7.09. The van der Waals surface area contributed by atoms with E-state index in [1.54, 1.807) is 0 Å². The molecule has 0 saturated carbocycles. The number of benzene rings is 2. The molecule has 4 rings (SSSR count). The Bertz CT molecular complexity index is 933. The lowest BCUT2D eigenvalue weighted by molar-refractivity contribution is 0.866. The SMILES string of the molecule is Cc1cccc(C(C)C)c1Nc1nccc(N2CCc3ccccc32)n1. The lowest BCUT2D eigenvalue weighted by Crippen LogP contribution is -2.15. The molecule has 26 heavy (non-hydrogen) atoms. The molecule has 1 aliphatic heterocycles. The summed E-state index contributed by atoms with van der Waals surface area (Å²) < 4.78 is 0. The monoisotopic (exact) mass is 344 g/mol. The molecule has 1 N–H and O–H groups in total. The van der Waals surface area contributed by atoms with E-state index in [2.05, 4.69) is 78.4 Å². The van der Waals surface area contributed by atoms with Crippen LogP contribution in [0.4, 0.5) is 23.1 Å². The van der Waals surface area contributed by atoms with Crippen LogP contribution in [0.3, 0.4) is 0 Å². The van der Waals surface area contributed by atoms with Gasteiger partial charge in [0.25, 0.3) is 0 Å². The van der Waals surface area contributed by atoms with E-state index in [9.17, 15) is 0 Å². The molecule has 0 bridgehead atoms. The molecule has 0 unspecified atom stereocenters. The summed E-state index contributed by atoms with van der Waals surface area (Å²) in [4.78, 5) is 11.5. The molecular formula is C22H24N4. The van der Waals surface area contributed by atoms with Crippen LogP contribution >= 0.6 is 0 Å². The summed E-state index contributed by atoms with van der Waals surface area (Å²) in [5, 5.41) is 3.46. The summed E-state index contributed by atoms with van der Waals surface area (Å²) in [5.74, 6) is 2.02. The van der Waals surface area contributed by atoms with Crippen molar-refractivity contribution in [3.05, 3.63) is 71.4 Å². The largest absolute Gasteiger partial charge is 0.326 e. The molecule has 4 heteroatoms. The molecule has 3 aromatic rings. The standard InChI is InChI=1S/C22H24N4/c1-15(2)18-9-6-7-16(3)21(18)25-22-23-13-11-20(24-22)26-14-12-17-8-4-5-10-19(17)26/h4-11,13,15H,12,14H2,1-3H3,(H,23,24,25). The molecule has 4 nitrogen and oxygen atoms in total. The number of fused-ring (bicyclic) bond motifs is 1. The second kappa shape index (κ2) is 6.79. The summed E-state index contributed by atoms with van der Waals surface area (Å²) in [6.07, 6.45) is 2.89. The number of hydrogen-bond acceptors (Lipinski definition) is 4. The van der Waals surface area contributed by atoms with Gasteiger partial charge >= 0.3 is 0 Å². The van der Waals surface area contributed by atoms with Crippen molar-refractivity contribution in [2.75, 3.05) is 16.8 Å². The Morgan fingerprint density at radius 3 is 2.73 bits per heavy atom. The summed E-state index contributed by atoms with van der Waals surface area (Å²) in [6, 6.07) is 16.9. The van der Waals surface area contributed by atoms with Gasteiger partial charge in [0, 0.05) is 24.1 Å². The quantitative estimate of drug-likeness (QED) is 0.693. The minimum Gasteiger partial charge on any atom is -0.326 e. The van der Waals surface area contributed by atoms with Gasteiger partial charge in [0.15, 0.2) is 0 Å². The van der Waals surface area contributed by atoms with Crippen LogP contribution in [0.2, 0.25) is 0 Å². The first-order valence-corrected chi connectivity index (χ1v) is 9.18. The highest BCUT2D eigenvalue weighted by Gasteiger charge is 2.21. The first-order valence-electron chi connectivity index (χ1n) is 9.18. The molecule has 0 spiro atoms. The van der Waals surface area contributed by atoms with E-state index in [0.717, 1.165) is 24.5 Å². The Hall–Kier alpha value is -2.88. The van der Waals surface area contributed by atoms with Crippen LogP contribution in [0.15, 0.2) is 54.7 Å². The van der Waals surface area contributed by atoms with Crippen molar-refractivity contribution in [1.29, 1.82) is 0 Å². The van der Waals surface area contributed by atoms with Crippen LogP contribution < -0.4 is 10.2 Å². The highest BCUT2D eigenvalue weighted by molar-refractivity contribution is 5.69. The average Bonchev–Trinajstić information content (AvgIpc) is 3.07. The molecule has 0 saturated heterocycles. The van der Waals surface area contributed by atoms with E-state index in [1.807, 2.05) is 12.3 Å². The second-order valence-corrected chi connectivity index (χ2v) is 7.09. The van der Waals surface area contributed by atoms with E-state index in [4.69, 9.17) is 4.98 Å². The third-order valence-electron chi connectivity index (χ3n) is 4.97. The van der Waals surface area contributed by atoms with Gasteiger partial charge in [0.05, 0.1) is 0 Å². The van der Waals surface area contributed by atoms with Gasteiger partial charge in [-0.3, -0.25) is 0 Å². The van der Waals surface area contributed by atoms with Crippen LogP contribution in [-0.2, 0) is 6.42 Å². The number of anilines is 4. The van der Waals surface area contributed by atoms with Crippen LogP contribution in [0, 0.1) is 6.92 Å². The van der Waals surface area contributed by atoms with Crippen LogP contribution in [0.25, 0.3) is 0 Å². The zero-order chi connectivity index (χ0) is 18.1. The van der Waals surface area contributed by atoms with E-state index >= 15 is 0 Å². The minimum atomic E-state index is 0.436. The van der Waals surface area contributed by atoms with Gasteiger partial charge in [0.2, 0.25) is 5.95 Å².